The van der Waals surface area contributed by atoms with Gasteiger partial charge in [-0.2, -0.15) is 0 Å². The fourth-order valence-electron chi connectivity index (χ4n) is 1.69. The van der Waals surface area contributed by atoms with Crippen LogP contribution in [0.2, 0.25) is 0 Å². The maximum Gasteiger partial charge on any atom is 0.284 e. The summed E-state index contributed by atoms with van der Waals surface area (Å²) in [7, 11) is 3.47. The van der Waals surface area contributed by atoms with Crippen LogP contribution >= 0.6 is 23.1 Å². The van der Waals surface area contributed by atoms with E-state index in [4.69, 9.17) is 8.83 Å². The number of amides is 1. The zero-order valence-corrected chi connectivity index (χ0v) is 14.2. The first kappa shape index (κ1) is 15.8. The molecule has 0 aliphatic rings. The van der Waals surface area contributed by atoms with Crippen molar-refractivity contribution in [2.75, 3.05) is 14.1 Å². The number of hydrogen-bond acceptors (Lipinski definition) is 8. The first-order chi connectivity index (χ1) is 11.1. The number of nitrogens with zero attached hydrogens (tertiary/aromatic N) is 4. The van der Waals surface area contributed by atoms with Crippen LogP contribution in [0.25, 0.3) is 11.7 Å². The standard InChI is InChI=1S/C14H14N4O3S2/c1-18(2)12(19)6-11-15-9(7-22-11)8-23-14-17-16-13(21-14)10-4-3-5-20-10/h3-5,7H,6,8H2,1-2H3. The Morgan fingerprint density at radius 2 is 2.26 bits per heavy atom. The second kappa shape index (κ2) is 6.97. The topological polar surface area (TPSA) is 85.3 Å². The molecule has 1 amide bonds. The minimum absolute atomic E-state index is 0.0403. The Hall–Kier alpha value is -2.13. The third-order valence-corrected chi connectivity index (χ3v) is 4.63. The lowest BCUT2D eigenvalue weighted by molar-refractivity contribution is -0.127. The third-order valence-electron chi connectivity index (χ3n) is 2.88. The molecule has 0 saturated heterocycles. The lowest BCUT2D eigenvalue weighted by Gasteiger charge is -2.07. The van der Waals surface area contributed by atoms with Gasteiger partial charge in [-0.15, -0.1) is 21.5 Å². The highest BCUT2D eigenvalue weighted by atomic mass is 32.2. The second-order valence-corrected chi connectivity index (χ2v) is 6.71. The van der Waals surface area contributed by atoms with E-state index >= 15 is 0 Å². The van der Waals surface area contributed by atoms with Gasteiger partial charge in [-0.25, -0.2) is 4.98 Å². The summed E-state index contributed by atoms with van der Waals surface area (Å²) < 4.78 is 10.7. The Morgan fingerprint density at radius 1 is 1.39 bits per heavy atom. The summed E-state index contributed by atoms with van der Waals surface area (Å²) in [6.45, 7) is 0. The molecule has 3 heterocycles. The number of thioether (sulfide) groups is 1. The molecule has 0 unspecified atom stereocenters. The normalized spacial score (nSPS) is 10.9. The maximum absolute atomic E-state index is 11.7. The van der Waals surface area contributed by atoms with Gasteiger partial charge >= 0.3 is 0 Å². The first-order valence-corrected chi connectivity index (χ1v) is 8.62. The molecule has 120 valence electrons. The van der Waals surface area contributed by atoms with E-state index in [1.807, 2.05) is 5.38 Å². The Morgan fingerprint density at radius 3 is 3.00 bits per heavy atom. The molecule has 0 atom stereocenters. The fourth-order valence-corrected chi connectivity index (χ4v) is 3.23. The molecule has 23 heavy (non-hydrogen) atoms. The lowest BCUT2D eigenvalue weighted by atomic mass is 10.4. The molecule has 0 aliphatic carbocycles. The van der Waals surface area contributed by atoms with Crippen LogP contribution in [0.1, 0.15) is 10.7 Å². The first-order valence-electron chi connectivity index (χ1n) is 6.75. The van der Waals surface area contributed by atoms with E-state index in [0.29, 0.717) is 29.0 Å². The van der Waals surface area contributed by atoms with E-state index in [9.17, 15) is 4.79 Å². The van der Waals surface area contributed by atoms with Gasteiger partial charge < -0.3 is 13.7 Å². The van der Waals surface area contributed by atoms with Crippen LogP contribution in [0, 0.1) is 0 Å². The van der Waals surface area contributed by atoms with Crippen molar-refractivity contribution in [2.24, 2.45) is 0 Å². The van der Waals surface area contributed by atoms with Crippen molar-refractivity contribution in [1.29, 1.82) is 0 Å². The van der Waals surface area contributed by atoms with Gasteiger partial charge in [0.25, 0.3) is 11.1 Å². The van der Waals surface area contributed by atoms with Crippen LogP contribution in [-0.2, 0) is 17.0 Å². The molecule has 3 rings (SSSR count). The van der Waals surface area contributed by atoms with Crippen molar-refractivity contribution in [2.45, 2.75) is 17.4 Å². The van der Waals surface area contributed by atoms with Gasteiger partial charge in [-0.1, -0.05) is 11.8 Å². The van der Waals surface area contributed by atoms with Crippen LogP contribution in [0.5, 0.6) is 0 Å². The summed E-state index contributed by atoms with van der Waals surface area (Å²) in [6, 6.07) is 3.52. The van der Waals surface area contributed by atoms with E-state index in [2.05, 4.69) is 15.2 Å². The molecule has 3 aromatic heterocycles. The average Bonchev–Trinajstić information content (AvgIpc) is 3.26. The molecule has 0 radical (unpaired) electrons. The van der Waals surface area contributed by atoms with Crippen LogP contribution < -0.4 is 0 Å². The van der Waals surface area contributed by atoms with E-state index in [0.717, 1.165) is 10.7 Å². The quantitative estimate of drug-likeness (QED) is 0.632. The fraction of sp³-hybridized carbons (Fsp3) is 0.286. The molecule has 9 heteroatoms. The van der Waals surface area contributed by atoms with Crippen LogP contribution in [0.4, 0.5) is 0 Å². The molecule has 0 aromatic carbocycles. The van der Waals surface area contributed by atoms with Gasteiger partial charge in [-0.05, 0) is 12.1 Å². The molecule has 0 bridgehead atoms. The highest BCUT2D eigenvalue weighted by Gasteiger charge is 2.13. The van der Waals surface area contributed by atoms with Crippen molar-refractivity contribution >= 4 is 29.0 Å². The van der Waals surface area contributed by atoms with Gasteiger partial charge in [-0.3, -0.25) is 4.79 Å². The number of likely N-dealkylation sites (N-methyl/N-ethyl adjacent to an activating group) is 1. The van der Waals surface area contributed by atoms with E-state index in [1.54, 1.807) is 37.4 Å². The lowest BCUT2D eigenvalue weighted by Crippen LogP contribution is -2.23. The van der Waals surface area contributed by atoms with Gasteiger partial charge in [0, 0.05) is 25.2 Å². The molecule has 0 spiro atoms. The molecular weight excluding hydrogens is 336 g/mol. The number of hydrogen-bond donors (Lipinski definition) is 0. The number of carbonyl (C=O) groups excluding carboxylic acids is 1. The van der Waals surface area contributed by atoms with E-state index < -0.39 is 0 Å². The van der Waals surface area contributed by atoms with Gasteiger partial charge in [0.15, 0.2) is 5.76 Å². The van der Waals surface area contributed by atoms with Crippen molar-refractivity contribution in [1.82, 2.24) is 20.1 Å². The number of furan rings is 1. The highest BCUT2D eigenvalue weighted by molar-refractivity contribution is 7.98. The average molecular weight is 350 g/mol. The molecule has 0 fully saturated rings. The number of carbonyl (C=O) groups is 1. The van der Waals surface area contributed by atoms with Crippen LogP contribution in [0.15, 0.2) is 37.8 Å². The van der Waals surface area contributed by atoms with Crippen molar-refractivity contribution in [3.8, 4) is 11.7 Å². The van der Waals surface area contributed by atoms with Gasteiger partial charge in [0.1, 0.15) is 5.01 Å². The van der Waals surface area contributed by atoms with Crippen molar-refractivity contribution < 1.29 is 13.6 Å². The minimum atomic E-state index is 0.0403. The van der Waals surface area contributed by atoms with E-state index in [1.165, 1.54) is 23.1 Å². The summed E-state index contributed by atoms with van der Waals surface area (Å²) in [5.41, 5.74) is 0.888. The summed E-state index contributed by atoms with van der Waals surface area (Å²) in [5.74, 6) is 1.54. The van der Waals surface area contributed by atoms with Crippen molar-refractivity contribution in [3.05, 3.63) is 34.5 Å². The molecule has 0 N–H and O–H groups in total. The number of thiazole rings is 1. The second-order valence-electron chi connectivity index (χ2n) is 4.84. The monoisotopic (exact) mass is 350 g/mol. The predicted octanol–water partition coefficient (Wildman–Crippen LogP) is 2.71. The molecular formula is C14H14N4O3S2. The molecule has 0 saturated carbocycles. The Kier molecular flexibility index (Phi) is 4.77. The zero-order chi connectivity index (χ0) is 16.2. The Labute approximate surface area is 140 Å². The maximum atomic E-state index is 11.7. The Balaban J connectivity index is 1.57. The zero-order valence-electron chi connectivity index (χ0n) is 12.6. The molecule has 0 aliphatic heterocycles. The largest absolute Gasteiger partial charge is 0.459 e. The van der Waals surface area contributed by atoms with Gasteiger partial charge in [0.2, 0.25) is 5.91 Å². The van der Waals surface area contributed by atoms with E-state index in [-0.39, 0.29) is 5.91 Å². The minimum Gasteiger partial charge on any atom is -0.459 e. The molecule has 3 aromatic rings. The highest BCUT2D eigenvalue weighted by Crippen LogP contribution is 2.26. The summed E-state index contributed by atoms with van der Waals surface area (Å²) in [6.07, 6.45) is 1.88. The number of aromatic nitrogens is 3. The van der Waals surface area contributed by atoms with Crippen molar-refractivity contribution in [3.63, 3.8) is 0 Å². The summed E-state index contributed by atoms with van der Waals surface area (Å²) >= 11 is 2.88. The number of rotatable bonds is 6. The van der Waals surface area contributed by atoms with Crippen LogP contribution in [0.3, 0.4) is 0 Å². The SMILES string of the molecule is CN(C)C(=O)Cc1nc(CSc2nnc(-c3ccco3)o2)cs1. The summed E-state index contributed by atoms with van der Waals surface area (Å²) in [4.78, 5) is 17.7. The van der Waals surface area contributed by atoms with Crippen LogP contribution in [-0.4, -0.2) is 40.1 Å². The smallest absolute Gasteiger partial charge is 0.284 e. The summed E-state index contributed by atoms with van der Waals surface area (Å²) in [5, 5.41) is 11.1. The Bertz CT molecular complexity index is 780. The van der Waals surface area contributed by atoms with Gasteiger partial charge in [0.05, 0.1) is 18.4 Å². The third kappa shape index (κ3) is 3.99. The molecule has 7 nitrogen and oxygen atoms in total. The predicted molar refractivity (Wildman–Crippen MR) is 86.1 cm³/mol.